The van der Waals surface area contributed by atoms with Crippen LogP contribution in [-0.4, -0.2) is 91.0 Å². The second kappa shape index (κ2) is 10.6. The number of carbonyl (C=O) groups is 3. The van der Waals surface area contributed by atoms with E-state index in [0.29, 0.717) is 61.7 Å². The lowest BCUT2D eigenvalue weighted by Crippen LogP contribution is -2.60. The molecule has 1 saturated heterocycles. The van der Waals surface area contributed by atoms with Crippen molar-refractivity contribution in [2.75, 3.05) is 62.5 Å². The Bertz CT molecular complexity index is 1350. The summed E-state index contributed by atoms with van der Waals surface area (Å²) in [4.78, 5) is 52.4. The Balaban J connectivity index is 1.41. The molecule has 5 heterocycles. The van der Waals surface area contributed by atoms with E-state index in [0.717, 1.165) is 24.9 Å². The summed E-state index contributed by atoms with van der Waals surface area (Å²) in [6, 6.07) is 5.19. The van der Waals surface area contributed by atoms with Crippen molar-refractivity contribution in [3.8, 4) is 6.07 Å². The Hall–Kier alpha value is -4.08. The predicted octanol–water partition coefficient (Wildman–Crippen LogP) is 1.97. The van der Waals surface area contributed by atoms with Crippen LogP contribution in [0.5, 0.6) is 0 Å². The molecule has 2 N–H and O–H groups in total. The zero-order valence-electron chi connectivity index (χ0n) is 22.4. The zero-order chi connectivity index (χ0) is 27.7. The first kappa shape index (κ1) is 26.5. The summed E-state index contributed by atoms with van der Waals surface area (Å²) in [6.07, 6.45) is 3.64. The number of nitrogens with one attached hydrogen (secondary N) is 2. The highest BCUT2D eigenvalue weighted by atomic mass is 16.5. The first-order valence-electron chi connectivity index (χ1n) is 13.0. The number of ether oxygens (including phenoxy) is 1. The van der Waals surface area contributed by atoms with Crippen molar-refractivity contribution >= 4 is 35.5 Å². The third-order valence-electron chi connectivity index (χ3n) is 7.81. The molecule has 0 aromatic carbocycles. The van der Waals surface area contributed by atoms with Crippen LogP contribution in [0.25, 0.3) is 0 Å². The Labute approximate surface area is 226 Å². The number of piperazine rings is 1. The number of nitriles is 1. The molecule has 4 aliphatic rings. The Morgan fingerprint density at radius 3 is 2.82 bits per heavy atom. The second-order valence-electron chi connectivity index (χ2n) is 10.6. The van der Waals surface area contributed by atoms with Gasteiger partial charge in [-0.1, -0.05) is 6.92 Å². The smallest absolute Gasteiger partial charge is 0.328 e. The van der Waals surface area contributed by atoms with Gasteiger partial charge in [0.25, 0.3) is 0 Å². The number of likely N-dealkylation sites (N-methyl/N-ethyl adjacent to an activating group) is 1. The van der Waals surface area contributed by atoms with E-state index in [9.17, 15) is 19.6 Å². The highest BCUT2D eigenvalue weighted by molar-refractivity contribution is 6.03. The van der Waals surface area contributed by atoms with Crippen LogP contribution >= 0.6 is 0 Å². The van der Waals surface area contributed by atoms with Crippen LogP contribution in [0, 0.1) is 11.3 Å². The number of amides is 3. The normalized spacial score (nSPS) is 22.0. The van der Waals surface area contributed by atoms with Gasteiger partial charge in [0.05, 0.1) is 24.4 Å². The van der Waals surface area contributed by atoms with Gasteiger partial charge in [0.2, 0.25) is 5.91 Å². The lowest BCUT2D eigenvalue weighted by molar-refractivity contribution is -0.136. The number of pyridine rings is 2. The lowest BCUT2D eigenvalue weighted by atomic mass is 9.59. The molecule has 6 rings (SSSR count). The molecule has 3 amide bonds. The quantitative estimate of drug-likeness (QED) is 0.385. The van der Waals surface area contributed by atoms with Crippen LogP contribution in [0.1, 0.15) is 46.9 Å². The van der Waals surface area contributed by atoms with Crippen LogP contribution in [0.4, 0.5) is 22.1 Å². The summed E-state index contributed by atoms with van der Waals surface area (Å²) in [7, 11) is 3.50. The van der Waals surface area contributed by atoms with Gasteiger partial charge in [0.1, 0.15) is 23.4 Å². The molecule has 12 nitrogen and oxygen atoms in total. The van der Waals surface area contributed by atoms with Gasteiger partial charge in [-0.05, 0) is 26.0 Å². The van der Waals surface area contributed by atoms with E-state index in [1.807, 2.05) is 18.0 Å². The summed E-state index contributed by atoms with van der Waals surface area (Å²) in [5.74, 6) is 0.759. The summed E-state index contributed by atoms with van der Waals surface area (Å²) in [5.41, 5.74) is 2.55. The van der Waals surface area contributed by atoms with E-state index < -0.39 is 6.03 Å². The van der Waals surface area contributed by atoms with Crippen LogP contribution in [0.2, 0.25) is 0 Å². The molecule has 3 aliphatic heterocycles. The molecule has 2 aromatic rings. The molecule has 1 aliphatic carbocycles. The van der Waals surface area contributed by atoms with E-state index in [1.54, 1.807) is 23.0 Å². The van der Waals surface area contributed by atoms with Crippen molar-refractivity contribution in [2.45, 2.75) is 37.8 Å². The van der Waals surface area contributed by atoms with Crippen LogP contribution in [-0.2, 0) is 21.5 Å². The van der Waals surface area contributed by atoms with Gasteiger partial charge in [-0.2, -0.15) is 5.26 Å². The summed E-state index contributed by atoms with van der Waals surface area (Å²) >= 11 is 0. The minimum absolute atomic E-state index is 0.0141. The van der Waals surface area contributed by atoms with Crippen LogP contribution in [0.15, 0.2) is 18.3 Å². The van der Waals surface area contributed by atoms with Gasteiger partial charge < -0.3 is 15.0 Å². The molecule has 39 heavy (non-hydrogen) atoms. The van der Waals surface area contributed by atoms with Gasteiger partial charge in [-0.3, -0.25) is 24.7 Å². The molecule has 12 heteroatoms. The Morgan fingerprint density at radius 1 is 1.33 bits per heavy atom. The summed E-state index contributed by atoms with van der Waals surface area (Å²) < 4.78 is 5.06. The van der Waals surface area contributed by atoms with Crippen molar-refractivity contribution in [3.05, 3.63) is 40.7 Å². The monoisotopic (exact) mass is 532 g/mol. The van der Waals surface area contributed by atoms with Crippen molar-refractivity contribution in [1.29, 1.82) is 5.26 Å². The zero-order valence-corrected chi connectivity index (χ0v) is 22.4. The van der Waals surface area contributed by atoms with Gasteiger partial charge in [-0.15, -0.1) is 0 Å². The molecule has 2 fully saturated rings. The topological polar surface area (TPSA) is 144 Å². The van der Waals surface area contributed by atoms with Gasteiger partial charge in [0, 0.05) is 68.1 Å². The fourth-order valence-corrected chi connectivity index (χ4v) is 5.65. The number of urea groups is 1. The second-order valence-corrected chi connectivity index (χ2v) is 10.6. The molecule has 2 bridgehead atoms. The summed E-state index contributed by atoms with van der Waals surface area (Å²) in [5, 5.41) is 15.4. The number of carbonyl (C=O) groups excluding carboxylic acids is 3. The highest BCUT2D eigenvalue weighted by Crippen LogP contribution is 2.54. The van der Waals surface area contributed by atoms with E-state index in [1.165, 1.54) is 6.20 Å². The average Bonchev–Trinajstić information content (AvgIpc) is 2.89. The number of rotatable bonds is 8. The highest BCUT2D eigenvalue weighted by Gasteiger charge is 2.53. The Kier molecular flexibility index (Phi) is 7.20. The molecule has 0 spiro atoms. The number of hydrogen-bond acceptors (Lipinski definition) is 9. The number of hydrogen-bond donors (Lipinski definition) is 2. The first-order valence-corrected chi connectivity index (χ1v) is 13.0. The number of methoxy groups -OCH3 is 1. The lowest BCUT2D eigenvalue weighted by Gasteiger charge is -2.55. The van der Waals surface area contributed by atoms with E-state index in [2.05, 4.69) is 33.6 Å². The SMILES string of the molecule is COCCNc1cc(NC(=O)N2c3nc(C=O)c(CN4CCN(C)CC4=O)cc3C3(C)CC2C3)ncc1C#N. The number of aromatic nitrogens is 2. The van der Waals surface area contributed by atoms with Crippen molar-refractivity contribution in [1.82, 2.24) is 19.8 Å². The molecular weight excluding hydrogens is 500 g/mol. The fourth-order valence-electron chi connectivity index (χ4n) is 5.65. The molecule has 0 unspecified atom stereocenters. The van der Waals surface area contributed by atoms with Gasteiger partial charge in [-0.25, -0.2) is 14.8 Å². The van der Waals surface area contributed by atoms with Crippen molar-refractivity contribution in [3.63, 3.8) is 0 Å². The van der Waals surface area contributed by atoms with Crippen molar-refractivity contribution in [2.24, 2.45) is 0 Å². The third kappa shape index (κ3) is 5.03. The number of nitrogens with zero attached hydrogens (tertiary/aromatic N) is 6. The maximum absolute atomic E-state index is 13.6. The Morgan fingerprint density at radius 2 is 2.13 bits per heavy atom. The largest absolute Gasteiger partial charge is 0.383 e. The van der Waals surface area contributed by atoms with Gasteiger partial charge >= 0.3 is 6.03 Å². The molecule has 1 saturated carbocycles. The predicted molar refractivity (Wildman–Crippen MR) is 144 cm³/mol. The van der Waals surface area contributed by atoms with Crippen LogP contribution < -0.4 is 15.5 Å². The van der Waals surface area contributed by atoms with Gasteiger partial charge in [0.15, 0.2) is 6.29 Å². The maximum atomic E-state index is 13.6. The minimum atomic E-state index is -0.408. The van der Waals surface area contributed by atoms with E-state index in [-0.39, 0.29) is 28.9 Å². The van der Waals surface area contributed by atoms with Crippen LogP contribution in [0.3, 0.4) is 0 Å². The van der Waals surface area contributed by atoms with Crippen molar-refractivity contribution < 1.29 is 19.1 Å². The fraction of sp³-hybridized carbons (Fsp3) is 0.481. The molecule has 0 radical (unpaired) electrons. The summed E-state index contributed by atoms with van der Waals surface area (Å²) in [6.45, 7) is 5.08. The van der Waals surface area contributed by atoms with E-state index >= 15 is 0 Å². The minimum Gasteiger partial charge on any atom is -0.383 e. The molecule has 204 valence electrons. The molecule has 2 aromatic heterocycles. The molecule has 0 atom stereocenters. The maximum Gasteiger partial charge on any atom is 0.328 e. The van der Waals surface area contributed by atoms with E-state index in [4.69, 9.17) is 4.74 Å². The number of aldehydes is 1. The third-order valence-corrected chi connectivity index (χ3v) is 7.81. The first-order chi connectivity index (χ1) is 18.8. The molecular formula is C27H32N8O4. The standard InChI is InChI=1S/C27H32N8O4/c1-27-10-19(11-27)35(26(38)32-23-9-21(29-4-7-39-3)18(12-28)13-30-23)25-20(27)8-17(22(16-36)31-25)14-34-6-5-33(2)15-24(34)37/h8-9,13,16,19H,4-7,10-11,14-15H2,1-3H3,(H2,29,30,32,38). The average molecular weight is 533 g/mol. The number of anilines is 3.